The monoisotopic (exact) mass is 495 g/mol. The molecular weight excluding hydrogens is 479 g/mol. The van der Waals surface area contributed by atoms with E-state index >= 15 is 0 Å². The van der Waals surface area contributed by atoms with Crippen molar-refractivity contribution in [2.45, 2.75) is 12.8 Å². The molecule has 0 spiro atoms. The molecule has 2 aromatic carbocycles. The van der Waals surface area contributed by atoms with Crippen molar-refractivity contribution in [1.29, 1.82) is 0 Å². The van der Waals surface area contributed by atoms with Gasteiger partial charge < -0.3 is 9.30 Å². The van der Waals surface area contributed by atoms with Crippen LogP contribution in [0.3, 0.4) is 0 Å². The van der Waals surface area contributed by atoms with Gasteiger partial charge >= 0.3 is 12.8 Å². The fraction of sp³-hybridized carbons (Fsp3) is 0.136. The molecule has 34 heavy (non-hydrogen) atoms. The van der Waals surface area contributed by atoms with E-state index in [2.05, 4.69) is 14.7 Å². The van der Waals surface area contributed by atoms with Crippen molar-refractivity contribution in [1.82, 2.24) is 19.1 Å². The van der Waals surface area contributed by atoms with Crippen LogP contribution in [-0.2, 0) is 13.2 Å². The van der Waals surface area contributed by atoms with E-state index in [0.29, 0.717) is 16.9 Å². The highest BCUT2D eigenvalue weighted by molar-refractivity contribution is 7.18. The second kappa shape index (κ2) is 7.90. The number of hydrogen-bond acceptors (Lipinski definition) is 5. The van der Waals surface area contributed by atoms with E-state index in [1.807, 2.05) is 0 Å². The first kappa shape index (κ1) is 18.6. The van der Waals surface area contributed by atoms with Crippen molar-refractivity contribution < 1.29 is 30.8 Å². The molecule has 174 valence electrons. The number of pyridine rings is 1. The quantitative estimate of drug-likeness (QED) is 0.304. The van der Waals surface area contributed by atoms with Crippen LogP contribution in [0.2, 0.25) is 0 Å². The minimum Gasteiger partial charge on any atom is -0.435 e. The van der Waals surface area contributed by atoms with Crippen molar-refractivity contribution in [2.24, 2.45) is 6.98 Å². The lowest BCUT2D eigenvalue weighted by Gasteiger charge is -2.11. The van der Waals surface area contributed by atoms with Gasteiger partial charge in [-0.3, -0.25) is 9.36 Å². The number of aryl methyl sites for hydroxylation is 1. The Morgan fingerprint density at radius 1 is 1.12 bits per heavy atom. The highest BCUT2D eigenvalue weighted by Gasteiger charge is 2.36. The number of imidazole rings is 1. The van der Waals surface area contributed by atoms with E-state index in [9.17, 15) is 26.7 Å². The maximum atomic E-state index is 13.6. The molecule has 0 fully saturated rings. The zero-order chi connectivity index (χ0) is 26.7. The van der Waals surface area contributed by atoms with Crippen molar-refractivity contribution in [3.63, 3.8) is 0 Å². The molecule has 5 aromatic rings. The molecule has 0 amide bonds. The van der Waals surface area contributed by atoms with Crippen molar-refractivity contribution >= 4 is 32.7 Å². The third-order valence-electron chi connectivity index (χ3n) is 4.98. The molecule has 0 aliphatic rings. The lowest BCUT2D eigenvalue weighted by Crippen LogP contribution is -2.21. The average molecular weight is 495 g/mol. The summed E-state index contributed by atoms with van der Waals surface area (Å²) < 4.78 is 94.7. The molecule has 5 rings (SSSR count). The summed E-state index contributed by atoms with van der Waals surface area (Å²) in [5.74, 6) is -0.211. The van der Waals surface area contributed by atoms with E-state index in [1.165, 1.54) is 36.4 Å². The van der Waals surface area contributed by atoms with Crippen LogP contribution >= 0.6 is 11.3 Å². The lowest BCUT2D eigenvalue weighted by atomic mass is 10.1. The highest BCUT2D eigenvalue weighted by Crippen LogP contribution is 2.37. The van der Waals surface area contributed by atoms with E-state index in [0.717, 1.165) is 27.6 Å². The molecular formula is C22H13F5N4O2S. The largest absolute Gasteiger partial charge is 0.443 e. The van der Waals surface area contributed by atoms with E-state index in [-0.39, 0.29) is 38.4 Å². The van der Waals surface area contributed by atoms with E-state index < -0.39 is 30.3 Å². The summed E-state index contributed by atoms with van der Waals surface area (Å²) in [5, 5.41) is -1.18. The van der Waals surface area contributed by atoms with Crippen LogP contribution in [0, 0.1) is 0 Å². The van der Waals surface area contributed by atoms with Crippen LogP contribution in [0.1, 0.15) is 9.12 Å². The Balaban J connectivity index is 1.76. The summed E-state index contributed by atoms with van der Waals surface area (Å²) in [7, 11) is 0. The SMILES string of the molecule is [2H]C([2H])([2H])n1cnc2ccc(-c3cc4sc(C(F)(F)F)nc4n(-c4ccc(OC(F)F)cc4)c3=O)cc21. The summed E-state index contributed by atoms with van der Waals surface area (Å²) in [6, 6.07) is 10.4. The number of thiazole rings is 1. The number of benzene rings is 2. The molecule has 12 heteroatoms. The summed E-state index contributed by atoms with van der Waals surface area (Å²) in [6.07, 6.45) is -3.64. The van der Waals surface area contributed by atoms with Crippen LogP contribution < -0.4 is 10.3 Å². The van der Waals surface area contributed by atoms with Gasteiger partial charge in [-0.25, -0.2) is 9.97 Å². The molecule has 3 aromatic heterocycles. The predicted molar refractivity (Wildman–Crippen MR) is 117 cm³/mol. The van der Waals surface area contributed by atoms with Crippen LogP contribution in [0.25, 0.3) is 38.2 Å². The van der Waals surface area contributed by atoms with Crippen molar-refractivity contribution in [3.05, 3.63) is 70.2 Å². The minimum atomic E-state index is -4.77. The van der Waals surface area contributed by atoms with Gasteiger partial charge in [0.1, 0.15) is 5.75 Å². The Labute approximate surface area is 195 Å². The van der Waals surface area contributed by atoms with Gasteiger partial charge in [-0.15, -0.1) is 11.3 Å². The molecule has 0 bridgehead atoms. The van der Waals surface area contributed by atoms with Crippen LogP contribution in [0.5, 0.6) is 5.75 Å². The summed E-state index contributed by atoms with van der Waals surface area (Å²) in [5.41, 5.74) is -0.233. The standard InChI is InChI=1S/C22H13F5N4O2S/c1-30-10-28-15-7-2-11(8-16(15)30)14-9-17-18(29-20(34-17)22(25,26)27)31(19(14)32)12-3-5-13(6-4-12)33-21(23)24/h2-10,21H,1H3/i1D3. The Morgan fingerprint density at radius 2 is 1.88 bits per heavy atom. The Bertz CT molecular complexity index is 1690. The van der Waals surface area contributed by atoms with Gasteiger partial charge in [0.25, 0.3) is 5.56 Å². The number of aromatic nitrogens is 4. The normalized spacial score (nSPS) is 13.9. The third kappa shape index (κ3) is 3.79. The summed E-state index contributed by atoms with van der Waals surface area (Å²) in [4.78, 5) is 21.3. The first-order valence-corrected chi connectivity index (χ1v) is 10.3. The lowest BCUT2D eigenvalue weighted by molar-refractivity contribution is -0.137. The fourth-order valence-corrected chi connectivity index (χ4v) is 4.37. The third-order valence-corrected chi connectivity index (χ3v) is 6.01. The van der Waals surface area contributed by atoms with Crippen molar-refractivity contribution in [2.75, 3.05) is 0 Å². The zero-order valence-electron chi connectivity index (χ0n) is 19.7. The van der Waals surface area contributed by atoms with Crippen molar-refractivity contribution in [3.8, 4) is 22.6 Å². The second-order valence-corrected chi connectivity index (χ2v) is 8.12. The highest BCUT2D eigenvalue weighted by atomic mass is 32.1. The predicted octanol–water partition coefficient (Wildman–Crippen LogP) is 5.62. The molecule has 0 aliphatic heterocycles. The van der Waals surface area contributed by atoms with Crippen LogP contribution in [0.4, 0.5) is 22.0 Å². The fourth-order valence-electron chi connectivity index (χ4n) is 3.51. The summed E-state index contributed by atoms with van der Waals surface area (Å²) in [6.45, 7) is -5.64. The number of fused-ring (bicyclic) bond motifs is 2. The van der Waals surface area contributed by atoms with Gasteiger partial charge in [-0.2, -0.15) is 22.0 Å². The van der Waals surface area contributed by atoms with Gasteiger partial charge in [-0.05, 0) is 48.0 Å². The topological polar surface area (TPSA) is 61.9 Å². The number of nitrogens with zero attached hydrogens (tertiary/aromatic N) is 4. The number of ether oxygens (including phenoxy) is 1. The molecule has 0 atom stereocenters. The number of rotatable bonds is 4. The van der Waals surface area contributed by atoms with E-state index in [1.54, 1.807) is 0 Å². The maximum Gasteiger partial charge on any atom is 0.443 e. The number of halogens is 5. The molecule has 0 unspecified atom stereocenters. The average Bonchev–Trinajstić information content (AvgIpc) is 3.42. The van der Waals surface area contributed by atoms with Gasteiger partial charge in [0, 0.05) is 16.7 Å². The van der Waals surface area contributed by atoms with Gasteiger partial charge in [-0.1, -0.05) is 6.07 Å². The Hall–Kier alpha value is -3.80. The van der Waals surface area contributed by atoms with E-state index in [4.69, 9.17) is 4.11 Å². The van der Waals surface area contributed by atoms with Crippen LogP contribution in [0.15, 0.2) is 59.7 Å². The Kier molecular flexibility index (Phi) is 4.33. The molecule has 6 nitrogen and oxygen atoms in total. The second-order valence-electron chi connectivity index (χ2n) is 7.09. The molecule has 0 N–H and O–H groups in total. The molecule has 0 aliphatic carbocycles. The Morgan fingerprint density at radius 3 is 2.56 bits per heavy atom. The maximum absolute atomic E-state index is 13.6. The minimum absolute atomic E-state index is 0.0271. The molecule has 0 radical (unpaired) electrons. The number of alkyl halides is 5. The van der Waals surface area contributed by atoms with Gasteiger partial charge in [0.2, 0.25) is 5.01 Å². The first-order valence-electron chi connectivity index (χ1n) is 11.0. The molecule has 0 saturated heterocycles. The van der Waals surface area contributed by atoms with Gasteiger partial charge in [0.05, 0.1) is 27.7 Å². The molecule has 3 heterocycles. The summed E-state index contributed by atoms with van der Waals surface area (Å²) >= 11 is 0.328. The zero-order valence-corrected chi connectivity index (χ0v) is 17.5. The molecule has 0 saturated carbocycles. The first-order chi connectivity index (χ1) is 17.3. The van der Waals surface area contributed by atoms with Gasteiger partial charge in [0.15, 0.2) is 5.65 Å². The smallest absolute Gasteiger partial charge is 0.435 e. The van der Waals surface area contributed by atoms with Crippen LogP contribution in [-0.4, -0.2) is 25.7 Å². The number of hydrogen-bond donors (Lipinski definition) is 0.